The van der Waals surface area contributed by atoms with Gasteiger partial charge in [-0.2, -0.15) is 4.98 Å². The third-order valence-electron chi connectivity index (χ3n) is 4.40. The van der Waals surface area contributed by atoms with Crippen LogP contribution in [0.15, 0.2) is 36.5 Å². The lowest BCUT2D eigenvalue weighted by atomic mass is 10.1. The van der Waals surface area contributed by atoms with Crippen molar-refractivity contribution >= 4 is 5.82 Å². The van der Waals surface area contributed by atoms with Gasteiger partial charge in [0, 0.05) is 25.7 Å². The van der Waals surface area contributed by atoms with Crippen molar-refractivity contribution in [1.29, 1.82) is 0 Å². The highest BCUT2D eigenvalue weighted by Gasteiger charge is 2.18. The molecule has 0 aliphatic carbocycles. The van der Waals surface area contributed by atoms with Crippen molar-refractivity contribution < 1.29 is 4.74 Å². The normalized spacial score (nSPS) is 15.9. The molecule has 1 aliphatic heterocycles. The van der Waals surface area contributed by atoms with E-state index in [0.29, 0.717) is 18.5 Å². The Hall–Kier alpha value is -2.14. The zero-order valence-electron chi connectivity index (χ0n) is 14.5. The summed E-state index contributed by atoms with van der Waals surface area (Å²) in [6.45, 7) is 7.64. The highest BCUT2D eigenvalue weighted by atomic mass is 16.5. The van der Waals surface area contributed by atoms with Crippen LogP contribution in [-0.2, 0) is 13.0 Å². The molecule has 5 heteroatoms. The van der Waals surface area contributed by atoms with Gasteiger partial charge in [0.15, 0.2) is 0 Å². The number of nitrogens with one attached hydrogen (secondary N) is 1. The van der Waals surface area contributed by atoms with E-state index in [0.717, 1.165) is 44.0 Å². The van der Waals surface area contributed by atoms with Crippen LogP contribution in [0.25, 0.3) is 0 Å². The third kappa shape index (κ3) is 4.45. The number of ether oxygens (including phenoxy) is 1. The van der Waals surface area contributed by atoms with Crippen molar-refractivity contribution in [2.24, 2.45) is 0 Å². The quantitative estimate of drug-likeness (QED) is 0.884. The van der Waals surface area contributed by atoms with Gasteiger partial charge in [-0.25, -0.2) is 0 Å². The minimum atomic E-state index is 0.380. The Balaban J connectivity index is 1.63. The van der Waals surface area contributed by atoms with E-state index in [4.69, 9.17) is 4.74 Å². The fraction of sp³-hybridized carbons (Fsp3) is 0.474. The molecule has 24 heavy (non-hydrogen) atoms. The van der Waals surface area contributed by atoms with E-state index in [-0.39, 0.29) is 0 Å². The highest BCUT2D eigenvalue weighted by Crippen LogP contribution is 2.21. The fourth-order valence-electron chi connectivity index (χ4n) is 2.73. The minimum absolute atomic E-state index is 0.380. The van der Waals surface area contributed by atoms with Crippen LogP contribution in [0.2, 0.25) is 0 Å². The van der Waals surface area contributed by atoms with Crippen LogP contribution in [0.1, 0.15) is 31.5 Å². The Morgan fingerprint density at radius 3 is 2.92 bits per heavy atom. The third-order valence-corrected chi connectivity index (χ3v) is 4.40. The van der Waals surface area contributed by atoms with E-state index >= 15 is 0 Å². The molecule has 1 aromatic carbocycles. The van der Waals surface area contributed by atoms with Gasteiger partial charge in [-0.05, 0) is 25.3 Å². The molecule has 2 aromatic rings. The predicted octanol–water partition coefficient (Wildman–Crippen LogP) is 3.12. The minimum Gasteiger partial charge on any atom is -0.475 e. The summed E-state index contributed by atoms with van der Waals surface area (Å²) < 4.78 is 5.83. The van der Waals surface area contributed by atoms with Crippen molar-refractivity contribution in [3.05, 3.63) is 47.8 Å². The molecule has 5 nitrogen and oxygen atoms in total. The molecule has 0 radical (unpaired) electrons. The standard InChI is InChI=1S/C19H26N4O/c1-3-15(2)21-18-13-20-17-14-23(11-12-24-19(17)22-18)10-9-16-7-5-4-6-8-16/h4-8,13,15H,3,9-12,14H2,1-2H3,(H,21,22). The Morgan fingerprint density at radius 1 is 1.29 bits per heavy atom. The summed E-state index contributed by atoms with van der Waals surface area (Å²) in [5, 5.41) is 3.35. The summed E-state index contributed by atoms with van der Waals surface area (Å²) in [5.74, 6) is 1.46. The molecule has 1 aliphatic rings. The van der Waals surface area contributed by atoms with Crippen LogP contribution >= 0.6 is 0 Å². The lowest BCUT2D eigenvalue weighted by molar-refractivity contribution is 0.225. The lowest BCUT2D eigenvalue weighted by Gasteiger charge is -2.18. The van der Waals surface area contributed by atoms with Gasteiger partial charge in [0.05, 0.1) is 6.20 Å². The average Bonchev–Trinajstić information content (AvgIpc) is 2.82. The van der Waals surface area contributed by atoms with Gasteiger partial charge < -0.3 is 10.1 Å². The van der Waals surface area contributed by atoms with Crippen molar-refractivity contribution in [3.63, 3.8) is 0 Å². The monoisotopic (exact) mass is 326 g/mol. The summed E-state index contributed by atoms with van der Waals surface area (Å²) >= 11 is 0. The second kappa shape index (κ2) is 8.11. The summed E-state index contributed by atoms with van der Waals surface area (Å²) in [6, 6.07) is 11.0. The van der Waals surface area contributed by atoms with Crippen molar-refractivity contribution in [2.45, 2.75) is 39.3 Å². The number of aromatic nitrogens is 2. The molecule has 1 N–H and O–H groups in total. The van der Waals surface area contributed by atoms with E-state index in [1.807, 2.05) is 6.20 Å². The Labute approximate surface area is 144 Å². The van der Waals surface area contributed by atoms with Gasteiger partial charge >= 0.3 is 0 Å². The summed E-state index contributed by atoms with van der Waals surface area (Å²) in [7, 11) is 0. The second-order valence-electron chi connectivity index (χ2n) is 6.32. The molecule has 0 saturated heterocycles. The first-order valence-corrected chi connectivity index (χ1v) is 8.76. The van der Waals surface area contributed by atoms with E-state index in [2.05, 4.69) is 64.4 Å². The number of benzene rings is 1. The number of nitrogens with zero attached hydrogens (tertiary/aromatic N) is 3. The SMILES string of the molecule is CCC(C)Nc1cnc2c(n1)OCCN(CCc1ccccc1)C2. The van der Waals surface area contributed by atoms with Crippen LogP contribution in [0.3, 0.4) is 0 Å². The fourth-order valence-corrected chi connectivity index (χ4v) is 2.73. The first-order chi connectivity index (χ1) is 11.7. The van der Waals surface area contributed by atoms with Crippen LogP contribution in [0.4, 0.5) is 5.82 Å². The molecule has 0 bridgehead atoms. The Bertz CT molecular complexity index is 647. The van der Waals surface area contributed by atoms with Gasteiger partial charge in [0.25, 0.3) is 0 Å². The second-order valence-corrected chi connectivity index (χ2v) is 6.32. The summed E-state index contributed by atoms with van der Waals surface area (Å²) in [6.07, 6.45) is 3.90. The zero-order chi connectivity index (χ0) is 16.8. The molecule has 2 heterocycles. The number of anilines is 1. The predicted molar refractivity (Wildman–Crippen MR) is 96.3 cm³/mol. The first-order valence-electron chi connectivity index (χ1n) is 8.76. The maximum Gasteiger partial charge on any atom is 0.239 e. The highest BCUT2D eigenvalue weighted by molar-refractivity contribution is 5.37. The Kier molecular flexibility index (Phi) is 5.64. The number of rotatable bonds is 6. The molecule has 1 aromatic heterocycles. The van der Waals surface area contributed by atoms with Crippen molar-refractivity contribution in [2.75, 3.05) is 25.0 Å². The molecule has 3 rings (SSSR count). The molecule has 1 atom stereocenters. The maximum absolute atomic E-state index is 5.83. The van der Waals surface area contributed by atoms with Gasteiger partial charge in [0.2, 0.25) is 5.88 Å². The molecule has 1 unspecified atom stereocenters. The molecular formula is C19H26N4O. The van der Waals surface area contributed by atoms with Crippen LogP contribution in [-0.4, -0.2) is 40.6 Å². The lowest BCUT2D eigenvalue weighted by Crippen LogP contribution is -2.28. The number of hydrogen-bond acceptors (Lipinski definition) is 5. The molecule has 0 spiro atoms. The van der Waals surface area contributed by atoms with Gasteiger partial charge in [-0.1, -0.05) is 37.3 Å². The van der Waals surface area contributed by atoms with E-state index in [9.17, 15) is 0 Å². The topological polar surface area (TPSA) is 50.3 Å². The molecule has 128 valence electrons. The van der Waals surface area contributed by atoms with E-state index in [1.54, 1.807) is 0 Å². The van der Waals surface area contributed by atoms with E-state index < -0.39 is 0 Å². The van der Waals surface area contributed by atoms with Crippen LogP contribution in [0.5, 0.6) is 5.88 Å². The van der Waals surface area contributed by atoms with Crippen molar-refractivity contribution in [3.8, 4) is 5.88 Å². The summed E-state index contributed by atoms with van der Waals surface area (Å²) in [5.41, 5.74) is 2.29. The Morgan fingerprint density at radius 2 is 2.12 bits per heavy atom. The molecular weight excluding hydrogens is 300 g/mol. The zero-order valence-corrected chi connectivity index (χ0v) is 14.5. The smallest absolute Gasteiger partial charge is 0.239 e. The first kappa shape index (κ1) is 16.7. The van der Waals surface area contributed by atoms with Gasteiger partial charge in [-0.3, -0.25) is 9.88 Å². The molecule has 0 amide bonds. The largest absolute Gasteiger partial charge is 0.475 e. The molecule has 0 saturated carbocycles. The van der Waals surface area contributed by atoms with Crippen LogP contribution < -0.4 is 10.1 Å². The maximum atomic E-state index is 5.83. The van der Waals surface area contributed by atoms with Crippen LogP contribution in [0, 0.1) is 0 Å². The summed E-state index contributed by atoms with van der Waals surface area (Å²) in [4.78, 5) is 11.6. The van der Waals surface area contributed by atoms with E-state index in [1.165, 1.54) is 5.56 Å². The number of fused-ring (bicyclic) bond motifs is 1. The van der Waals surface area contributed by atoms with Crippen molar-refractivity contribution in [1.82, 2.24) is 14.9 Å². The number of hydrogen-bond donors (Lipinski definition) is 1. The van der Waals surface area contributed by atoms with Gasteiger partial charge in [0.1, 0.15) is 18.1 Å². The molecule has 0 fully saturated rings. The average molecular weight is 326 g/mol. The van der Waals surface area contributed by atoms with Gasteiger partial charge in [-0.15, -0.1) is 0 Å².